The monoisotopic (exact) mass is 483 g/mol. The van der Waals surface area contributed by atoms with E-state index >= 15 is 0 Å². The number of hydrogen-bond donors (Lipinski definition) is 0. The predicted octanol–water partition coefficient (Wildman–Crippen LogP) is 6.85. The zero-order valence-corrected chi connectivity index (χ0v) is 20.6. The molecule has 37 heavy (non-hydrogen) atoms. The lowest BCUT2D eigenvalue weighted by Gasteiger charge is -2.32. The molecule has 1 aliphatic rings. The van der Waals surface area contributed by atoms with Crippen molar-refractivity contribution in [3.63, 3.8) is 0 Å². The lowest BCUT2D eigenvalue weighted by molar-refractivity contribution is 0.256. The maximum absolute atomic E-state index is 9.08. The molecule has 5 rings (SSSR count). The van der Waals surface area contributed by atoms with Crippen molar-refractivity contribution in [3.05, 3.63) is 119 Å². The minimum absolute atomic E-state index is 0.344. The first-order chi connectivity index (χ1) is 18.1. The molecule has 1 heterocycles. The molecule has 0 saturated heterocycles. The Hall–Kier alpha value is -5.00. The smallest absolute Gasteiger partial charge is 0.162 e. The van der Waals surface area contributed by atoms with E-state index < -0.39 is 0 Å². The predicted molar refractivity (Wildman–Crippen MR) is 145 cm³/mol. The van der Waals surface area contributed by atoms with E-state index in [0.717, 1.165) is 45.6 Å². The van der Waals surface area contributed by atoms with E-state index in [1.165, 1.54) is 0 Å². The van der Waals surface area contributed by atoms with E-state index in [1.807, 2.05) is 36.4 Å². The van der Waals surface area contributed by atoms with Crippen LogP contribution in [0.2, 0.25) is 0 Å². The fourth-order valence-electron chi connectivity index (χ4n) is 4.59. The van der Waals surface area contributed by atoms with Gasteiger partial charge in [0, 0.05) is 19.2 Å². The third kappa shape index (κ3) is 4.89. The van der Waals surface area contributed by atoms with Gasteiger partial charge in [-0.05, 0) is 64.2 Å². The van der Waals surface area contributed by atoms with Crippen LogP contribution in [0.25, 0.3) is 17.2 Å². The lowest BCUT2D eigenvalue weighted by atomic mass is 9.91. The summed E-state index contributed by atoms with van der Waals surface area (Å²) in [5.41, 5.74) is 8.78. The highest BCUT2D eigenvalue weighted by Crippen LogP contribution is 2.45. The molecule has 0 fully saturated rings. The van der Waals surface area contributed by atoms with Crippen LogP contribution in [0.3, 0.4) is 0 Å². The first kappa shape index (κ1) is 23.7. The Morgan fingerprint density at radius 3 is 1.92 bits per heavy atom. The number of rotatable bonds is 7. The molecular formula is C32H25N3O2. The van der Waals surface area contributed by atoms with E-state index in [0.29, 0.717) is 35.8 Å². The van der Waals surface area contributed by atoms with Crippen LogP contribution in [0.15, 0.2) is 85.4 Å². The van der Waals surface area contributed by atoms with Gasteiger partial charge in [0.1, 0.15) is 13.2 Å². The normalized spacial score (nSPS) is 11.5. The summed E-state index contributed by atoms with van der Waals surface area (Å²) in [5, 5.41) is 18.1. The van der Waals surface area contributed by atoms with Crippen molar-refractivity contribution in [2.75, 3.05) is 11.9 Å². The van der Waals surface area contributed by atoms with Gasteiger partial charge in [-0.25, -0.2) is 0 Å². The largest absolute Gasteiger partial charge is 0.485 e. The summed E-state index contributed by atoms with van der Waals surface area (Å²) in [5.74, 6) is 1.31. The molecule has 0 aliphatic carbocycles. The minimum Gasteiger partial charge on any atom is -0.485 e. The highest BCUT2D eigenvalue weighted by atomic mass is 16.5. The van der Waals surface area contributed by atoms with Gasteiger partial charge < -0.3 is 14.4 Å². The lowest BCUT2D eigenvalue weighted by Crippen LogP contribution is -2.22. The molecule has 0 radical (unpaired) electrons. The van der Waals surface area contributed by atoms with Gasteiger partial charge in [0.25, 0.3) is 0 Å². The standard InChI is InChI=1S/C32H25N3O2/c1-3-26-5-4-6-28-29-16-31(37-21-25-13-9-23(18-34)10-14-25)30(15-27(29)19-35(2)32(26)28)36-20-24-11-7-22(17-33)8-12-24/h3-16H,1,19-21H2,2H3. The van der Waals surface area contributed by atoms with E-state index in [4.69, 9.17) is 20.0 Å². The van der Waals surface area contributed by atoms with Crippen molar-refractivity contribution in [3.8, 4) is 34.8 Å². The zero-order chi connectivity index (χ0) is 25.8. The summed E-state index contributed by atoms with van der Waals surface area (Å²) in [4.78, 5) is 2.23. The van der Waals surface area contributed by atoms with Gasteiger partial charge in [0.15, 0.2) is 11.5 Å². The van der Waals surface area contributed by atoms with Crippen molar-refractivity contribution in [2.45, 2.75) is 19.8 Å². The molecule has 4 aromatic rings. The number of nitrogens with zero attached hydrogens (tertiary/aromatic N) is 3. The number of fused-ring (bicyclic) bond motifs is 3. The third-order valence-electron chi connectivity index (χ3n) is 6.49. The number of ether oxygens (including phenoxy) is 2. The Labute approximate surface area is 217 Å². The molecular weight excluding hydrogens is 458 g/mol. The maximum Gasteiger partial charge on any atom is 0.162 e. The molecule has 0 N–H and O–H groups in total. The Kier molecular flexibility index (Phi) is 6.62. The zero-order valence-electron chi connectivity index (χ0n) is 20.6. The average molecular weight is 484 g/mol. The molecule has 0 atom stereocenters. The molecule has 0 amide bonds. The molecule has 0 saturated carbocycles. The van der Waals surface area contributed by atoms with Crippen LogP contribution >= 0.6 is 0 Å². The summed E-state index contributed by atoms with van der Waals surface area (Å²) < 4.78 is 12.6. The van der Waals surface area contributed by atoms with Gasteiger partial charge >= 0.3 is 0 Å². The summed E-state index contributed by atoms with van der Waals surface area (Å²) >= 11 is 0. The Morgan fingerprint density at radius 2 is 1.38 bits per heavy atom. The molecule has 5 nitrogen and oxygen atoms in total. The second-order valence-electron chi connectivity index (χ2n) is 8.95. The first-order valence-corrected chi connectivity index (χ1v) is 12.0. The van der Waals surface area contributed by atoms with Crippen LogP contribution in [0.5, 0.6) is 11.5 Å². The number of anilines is 1. The molecule has 0 unspecified atom stereocenters. The van der Waals surface area contributed by atoms with E-state index in [1.54, 1.807) is 24.3 Å². The van der Waals surface area contributed by atoms with E-state index in [-0.39, 0.29) is 0 Å². The molecule has 1 aliphatic heterocycles. The van der Waals surface area contributed by atoms with Crippen LogP contribution in [-0.2, 0) is 19.8 Å². The fourth-order valence-corrected chi connectivity index (χ4v) is 4.59. The minimum atomic E-state index is 0.344. The summed E-state index contributed by atoms with van der Waals surface area (Å²) in [6.45, 7) is 5.42. The fraction of sp³-hybridized carbons (Fsp3) is 0.125. The SMILES string of the molecule is C=Cc1cccc2c1N(C)Cc1cc(OCc3ccc(C#N)cc3)c(OCc3ccc(C#N)cc3)cc1-2. The Bertz CT molecular complexity index is 1540. The number of para-hydroxylation sites is 1. The third-order valence-corrected chi connectivity index (χ3v) is 6.49. The van der Waals surface area contributed by atoms with Crippen molar-refractivity contribution in [2.24, 2.45) is 0 Å². The Balaban J connectivity index is 1.50. The summed E-state index contributed by atoms with van der Waals surface area (Å²) in [6.07, 6.45) is 1.89. The highest BCUT2D eigenvalue weighted by Gasteiger charge is 2.24. The van der Waals surface area contributed by atoms with Crippen molar-refractivity contribution in [1.82, 2.24) is 0 Å². The second-order valence-corrected chi connectivity index (χ2v) is 8.95. The van der Waals surface area contributed by atoms with Crippen molar-refractivity contribution in [1.29, 1.82) is 10.5 Å². The number of hydrogen-bond acceptors (Lipinski definition) is 5. The van der Waals surface area contributed by atoms with Crippen LogP contribution in [0.1, 0.15) is 33.4 Å². The van der Waals surface area contributed by atoms with Crippen molar-refractivity contribution < 1.29 is 9.47 Å². The van der Waals surface area contributed by atoms with Gasteiger partial charge in [0.2, 0.25) is 0 Å². The van der Waals surface area contributed by atoms with Crippen LogP contribution in [-0.4, -0.2) is 7.05 Å². The van der Waals surface area contributed by atoms with E-state index in [2.05, 4.69) is 54.9 Å². The number of nitriles is 2. The van der Waals surface area contributed by atoms with Gasteiger partial charge in [-0.3, -0.25) is 0 Å². The first-order valence-electron chi connectivity index (χ1n) is 12.0. The van der Waals surface area contributed by atoms with Crippen LogP contribution in [0, 0.1) is 22.7 Å². The summed E-state index contributed by atoms with van der Waals surface area (Å²) in [7, 11) is 2.08. The van der Waals surface area contributed by atoms with Crippen LogP contribution in [0.4, 0.5) is 5.69 Å². The maximum atomic E-state index is 9.08. The van der Waals surface area contributed by atoms with Crippen molar-refractivity contribution >= 4 is 11.8 Å². The second kappa shape index (κ2) is 10.3. The van der Waals surface area contributed by atoms with Gasteiger partial charge in [-0.1, -0.05) is 55.1 Å². The van der Waals surface area contributed by atoms with Gasteiger partial charge in [-0.15, -0.1) is 0 Å². The quantitative estimate of drug-likeness (QED) is 0.288. The number of benzene rings is 4. The Morgan fingerprint density at radius 1 is 0.811 bits per heavy atom. The summed E-state index contributed by atoms with van der Waals surface area (Å²) in [6, 6.07) is 29.4. The topological polar surface area (TPSA) is 69.3 Å². The van der Waals surface area contributed by atoms with Crippen LogP contribution < -0.4 is 14.4 Å². The molecule has 4 aromatic carbocycles. The highest BCUT2D eigenvalue weighted by molar-refractivity contribution is 5.89. The molecule has 0 aromatic heterocycles. The van der Waals surface area contributed by atoms with Gasteiger partial charge in [0.05, 0.1) is 29.0 Å². The molecule has 180 valence electrons. The van der Waals surface area contributed by atoms with E-state index in [9.17, 15) is 0 Å². The molecule has 0 bridgehead atoms. The van der Waals surface area contributed by atoms with Gasteiger partial charge in [-0.2, -0.15) is 10.5 Å². The average Bonchev–Trinajstić information content (AvgIpc) is 2.95. The molecule has 0 spiro atoms. The molecule has 5 heteroatoms.